The van der Waals surface area contributed by atoms with Crippen LogP contribution in [-0.2, 0) is 0 Å². The Balaban J connectivity index is 2.59. The van der Waals surface area contributed by atoms with Crippen molar-refractivity contribution in [2.45, 2.75) is 0 Å². The maximum atomic E-state index is 11.1. The van der Waals surface area contributed by atoms with Crippen molar-refractivity contribution in [1.29, 1.82) is 0 Å². The monoisotopic (exact) mass is 425 g/mol. The molecule has 1 heterocycles. The van der Waals surface area contributed by atoms with Crippen LogP contribution in [0.1, 0.15) is 10.5 Å². The van der Waals surface area contributed by atoms with Crippen molar-refractivity contribution in [2.24, 2.45) is 0 Å². The van der Waals surface area contributed by atoms with Crippen LogP contribution in [0.2, 0.25) is 5.02 Å². The summed E-state index contributed by atoms with van der Waals surface area (Å²) in [5.41, 5.74) is 0.936. The van der Waals surface area contributed by atoms with E-state index in [4.69, 9.17) is 16.7 Å². The van der Waals surface area contributed by atoms with Gasteiger partial charge in [-0.15, -0.1) is 0 Å². The van der Waals surface area contributed by atoms with Gasteiger partial charge < -0.3 is 9.67 Å². The average Bonchev–Trinajstić information content (AvgIpc) is 2.64. The number of carboxylic acids is 1. The summed E-state index contributed by atoms with van der Waals surface area (Å²) in [7, 11) is 0. The first-order valence-electron chi connectivity index (χ1n) is 4.55. The molecule has 2 rings (SSSR count). The zero-order chi connectivity index (χ0) is 12.6. The van der Waals surface area contributed by atoms with Crippen LogP contribution in [-0.4, -0.2) is 15.6 Å². The fourth-order valence-corrected chi connectivity index (χ4v) is 2.44. The molecule has 1 aromatic carbocycles. The van der Waals surface area contributed by atoms with Crippen LogP contribution in [0.5, 0.6) is 0 Å². The quantitative estimate of drug-likeness (QED) is 0.732. The van der Waals surface area contributed by atoms with E-state index in [1.807, 2.05) is 0 Å². The van der Waals surface area contributed by atoms with Gasteiger partial charge >= 0.3 is 5.97 Å². The maximum Gasteiger partial charge on any atom is 0.352 e. The predicted molar refractivity (Wildman–Crippen MR) is 78.2 cm³/mol. The minimum atomic E-state index is -0.966. The number of carboxylic acid groups (broad SMARTS) is 1. The van der Waals surface area contributed by atoms with Crippen LogP contribution in [0.3, 0.4) is 0 Å². The third-order valence-electron chi connectivity index (χ3n) is 2.19. The molecule has 0 spiro atoms. The number of hydrogen-bond donors (Lipinski definition) is 1. The van der Waals surface area contributed by atoms with Crippen LogP contribution in [0.25, 0.3) is 5.69 Å². The van der Waals surface area contributed by atoms with Gasteiger partial charge in [0.25, 0.3) is 0 Å². The number of carbonyl (C=O) groups is 1. The Morgan fingerprint density at radius 1 is 1.41 bits per heavy atom. The predicted octanol–water partition coefficient (Wildman–Crippen LogP) is 4.20. The lowest BCUT2D eigenvalue weighted by Gasteiger charge is -2.07. The van der Waals surface area contributed by atoms with Crippen molar-refractivity contribution >= 4 is 56.1 Å². The first-order valence-corrected chi connectivity index (χ1v) is 6.80. The molecule has 88 valence electrons. The van der Waals surface area contributed by atoms with E-state index in [2.05, 4.69) is 38.5 Å². The highest BCUT2D eigenvalue weighted by Crippen LogP contribution is 2.26. The molecule has 3 nitrogen and oxygen atoms in total. The Kier molecular flexibility index (Phi) is 3.79. The van der Waals surface area contributed by atoms with E-state index in [-0.39, 0.29) is 5.69 Å². The summed E-state index contributed by atoms with van der Waals surface area (Å²) in [6.07, 6.45) is 1.75. The number of aromatic carboxylic acids is 1. The minimum absolute atomic E-state index is 0.216. The van der Waals surface area contributed by atoms with Crippen molar-refractivity contribution in [2.75, 3.05) is 0 Å². The molecular formula is C11H6BrClINO2. The maximum absolute atomic E-state index is 11.1. The van der Waals surface area contributed by atoms with Crippen LogP contribution in [0, 0.1) is 3.57 Å². The Labute approximate surface area is 125 Å². The lowest BCUT2D eigenvalue weighted by Crippen LogP contribution is -2.05. The van der Waals surface area contributed by atoms with Crippen molar-refractivity contribution in [1.82, 2.24) is 4.57 Å². The molecule has 17 heavy (non-hydrogen) atoms. The Morgan fingerprint density at radius 3 is 2.71 bits per heavy atom. The van der Waals surface area contributed by atoms with E-state index < -0.39 is 5.97 Å². The molecule has 1 aromatic heterocycles. The highest BCUT2D eigenvalue weighted by atomic mass is 127. The SMILES string of the molecule is O=C(O)c1cc(I)cn1-c1ccc(Br)c(Cl)c1. The Hall–Kier alpha value is -0.530. The van der Waals surface area contributed by atoms with Gasteiger partial charge in [0, 0.05) is 19.9 Å². The molecule has 1 N–H and O–H groups in total. The van der Waals surface area contributed by atoms with Gasteiger partial charge in [-0.1, -0.05) is 11.6 Å². The highest BCUT2D eigenvalue weighted by Gasteiger charge is 2.13. The van der Waals surface area contributed by atoms with E-state index in [0.717, 1.165) is 13.7 Å². The third kappa shape index (κ3) is 2.66. The summed E-state index contributed by atoms with van der Waals surface area (Å²) >= 11 is 11.4. The standard InChI is InChI=1S/C11H6BrClINO2/c12-8-2-1-7(4-9(8)13)15-5-6(14)3-10(15)11(16)17/h1-5H,(H,16,17). The summed E-state index contributed by atoms with van der Waals surface area (Å²) in [5, 5.41) is 9.64. The van der Waals surface area contributed by atoms with Gasteiger partial charge in [-0.3, -0.25) is 0 Å². The van der Waals surface area contributed by atoms with Crippen molar-refractivity contribution in [3.63, 3.8) is 0 Å². The topological polar surface area (TPSA) is 42.2 Å². The number of halogens is 3. The lowest BCUT2D eigenvalue weighted by molar-refractivity contribution is 0.0688. The fourth-order valence-electron chi connectivity index (χ4n) is 1.44. The second-order valence-corrected chi connectivity index (χ2v) is 5.82. The van der Waals surface area contributed by atoms with Crippen LogP contribution in [0.4, 0.5) is 0 Å². The van der Waals surface area contributed by atoms with E-state index in [1.54, 1.807) is 35.0 Å². The van der Waals surface area contributed by atoms with Crippen LogP contribution >= 0.6 is 50.1 Å². The molecule has 0 aliphatic heterocycles. The van der Waals surface area contributed by atoms with E-state index >= 15 is 0 Å². The van der Waals surface area contributed by atoms with Crippen molar-refractivity contribution < 1.29 is 9.90 Å². The highest BCUT2D eigenvalue weighted by molar-refractivity contribution is 14.1. The number of hydrogen-bond acceptors (Lipinski definition) is 1. The first kappa shape index (κ1) is 12.9. The molecule has 0 aliphatic carbocycles. The normalized spacial score (nSPS) is 10.5. The fraction of sp³-hybridized carbons (Fsp3) is 0. The number of rotatable bonds is 2. The van der Waals surface area contributed by atoms with Crippen LogP contribution < -0.4 is 0 Å². The first-order chi connectivity index (χ1) is 7.99. The van der Waals surface area contributed by atoms with Crippen molar-refractivity contribution in [3.05, 3.63) is 49.2 Å². The van der Waals surface area contributed by atoms with E-state index in [9.17, 15) is 4.79 Å². The molecular weight excluding hydrogens is 420 g/mol. The van der Waals surface area contributed by atoms with E-state index in [1.165, 1.54) is 0 Å². The second kappa shape index (κ2) is 4.99. The molecule has 0 fully saturated rings. The second-order valence-electron chi connectivity index (χ2n) is 3.32. The molecule has 0 saturated carbocycles. The van der Waals surface area contributed by atoms with Gasteiger partial charge in [-0.2, -0.15) is 0 Å². The Bertz CT molecular complexity index is 597. The molecule has 0 unspecified atom stereocenters. The molecule has 0 bridgehead atoms. The zero-order valence-electron chi connectivity index (χ0n) is 8.32. The summed E-state index contributed by atoms with van der Waals surface area (Å²) in [6, 6.07) is 6.92. The van der Waals surface area contributed by atoms with Crippen LogP contribution in [0.15, 0.2) is 34.9 Å². The third-order valence-corrected chi connectivity index (χ3v) is 4.01. The molecule has 6 heteroatoms. The zero-order valence-corrected chi connectivity index (χ0v) is 12.8. The molecule has 0 aliphatic rings. The molecule has 0 radical (unpaired) electrons. The largest absolute Gasteiger partial charge is 0.477 e. The van der Waals surface area contributed by atoms with E-state index in [0.29, 0.717) is 5.02 Å². The van der Waals surface area contributed by atoms with Gasteiger partial charge in [-0.25, -0.2) is 4.79 Å². The number of aromatic nitrogens is 1. The van der Waals surface area contributed by atoms with Gasteiger partial charge in [0.2, 0.25) is 0 Å². The molecule has 0 amide bonds. The van der Waals surface area contributed by atoms with Crippen molar-refractivity contribution in [3.8, 4) is 5.69 Å². The Morgan fingerprint density at radius 2 is 2.12 bits per heavy atom. The molecule has 2 aromatic rings. The smallest absolute Gasteiger partial charge is 0.352 e. The minimum Gasteiger partial charge on any atom is -0.477 e. The lowest BCUT2D eigenvalue weighted by atomic mass is 10.3. The number of benzene rings is 1. The molecule has 0 atom stereocenters. The summed E-state index contributed by atoms with van der Waals surface area (Å²) in [5.74, 6) is -0.966. The number of nitrogens with zero attached hydrogens (tertiary/aromatic N) is 1. The summed E-state index contributed by atoms with van der Waals surface area (Å²) < 4.78 is 3.24. The summed E-state index contributed by atoms with van der Waals surface area (Å²) in [6.45, 7) is 0. The molecule has 0 saturated heterocycles. The summed E-state index contributed by atoms with van der Waals surface area (Å²) in [4.78, 5) is 11.1. The van der Waals surface area contributed by atoms with Gasteiger partial charge in [0.05, 0.1) is 5.02 Å². The van der Waals surface area contributed by atoms with Gasteiger partial charge in [0.15, 0.2) is 0 Å². The van der Waals surface area contributed by atoms with Gasteiger partial charge in [0.1, 0.15) is 5.69 Å². The van der Waals surface area contributed by atoms with Gasteiger partial charge in [-0.05, 0) is 62.8 Å². The average molecular weight is 426 g/mol.